The maximum atomic E-state index is 10.6. The van der Waals surface area contributed by atoms with Gasteiger partial charge in [-0.25, -0.2) is 0 Å². The van der Waals surface area contributed by atoms with Gasteiger partial charge in [0.2, 0.25) is 0 Å². The van der Waals surface area contributed by atoms with Crippen molar-refractivity contribution in [1.82, 2.24) is 0 Å². The minimum absolute atomic E-state index is 0.0999. The third-order valence-corrected chi connectivity index (χ3v) is 2.40. The van der Waals surface area contributed by atoms with E-state index in [1.54, 1.807) is 0 Å². The van der Waals surface area contributed by atoms with Crippen LogP contribution in [0.5, 0.6) is 0 Å². The maximum Gasteiger partial charge on any atom is 0.303 e. The Morgan fingerprint density at radius 3 is 2.00 bits per heavy atom. The van der Waals surface area contributed by atoms with Crippen molar-refractivity contribution in [2.24, 2.45) is 17.3 Å². The highest BCUT2D eigenvalue weighted by molar-refractivity contribution is 5.67. The van der Waals surface area contributed by atoms with Crippen molar-refractivity contribution < 1.29 is 9.90 Å². The highest BCUT2D eigenvalue weighted by atomic mass is 16.4. The average molecular weight is 186 g/mol. The van der Waals surface area contributed by atoms with Crippen LogP contribution >= 0.6 is 0 Å². The van der Waals surface area contributed by atoms with E-state index in [2.05, 4.69) is 34.6 Å². The highest BCUT2D eigenvalue weighted by Gasteiger charge is 2.27. The van der Waals surface area contributed by atoms with Crippen LogP contribution < -0.4 is 0 Å². The Balaban J connectivity index is 4.28. The Morgan fingerprint density at radius 2 is 1.77 bits per heavy atom. The number of hydrogen-bond donors (Lipinski definition) is 1. The molecule has 1 unspecified atom stereocenters. The van der Waals surface area contributed by atoms with E-state index in [0.717, 1.165) is 6.42 Å². The van der Waals surface area contributed by atoms with Gasteiger partial charge in [0.15, 0.2) is 0 Å². The Kier molecular flexibility index (Phi) is 4.45. The maximum absolute atomic E-state index is 10.6. The highest BCUT2D eigenvalue weighted by Crippen LogP contribution is 2.33. The summed E-state index contributed by atoms with van der Waals surface area (Å²) in [7, 11) is 0. The predicted molar refractivity (Wildman–Crippen MR) is 54.7 cm³/mol. The Hall–Kier alpha value is -0.530. The number of carbonyl (C=O) groups is 1. The minimum atomic E-state index is -0.680. The molecule has 0 aliphatic carbocycles. The normalized spacial score (nSPS) is 14.6. The Labute approximate surface area is 81.3 Å². The molecule has 78 valence electrons. The van der Waals surface area contributed by atoms with Crippen LogP contribution in [0, 0.1) is 17.3 Å². The van der Waals surface area contributed by atoms with Crippen LogP contribution in [0.15, 0.2) is 0 Å². The SMILES string of the molecule is CC(C)CC(CC(=O)O)C(C)(C)C. The predicted octanol–water partition coefficient (Wildman–Crippen LogP) is 3.17. The molecule has 0 spiro atoms. The largest absolute Gasteiger partial charge is 0.481 e. The fourth-order valence-corrected chi connectivity index (χ4v) is 1.52. The van der Waals surface area contributed by atoms with Crippen molar-refractivity contribution in [3.8, 4) is 0 Å². The molecule has 0 saturated carbocycles. The van der Waals surface area contributed by atoms with E-state index in [1.165, 1.54) is 0 Å². The van der Waals surface area contributed by atoms with Crippen LogP contribution in [0.25, 0.3) is 0 Å². The molecule has 0 aliphatic heterocycles. The Morgan fingerprint density at radius 1 is 1.31 bits per heavy atom. The van der Waals surface area contributed by atoms with E-state index in [0.29, 0.717) is 12.3 Å². The summed E-state index contributed by atoms with van der Waals surface area (Å²) in [5.41, 5.74) is 0.0999. The molecule has 13 heavy (non-hydrogen) atoms. The lowest BCUT2D eigenvalue weighted by atomic mass is 9.74. The third-order valence-electron chi connectivity index (χ3n) is 2.40. The monoisotopic (exact) mass is 186 g/mol. The summed E-state index contributed by atoms with van der Waals surface area (Å²) in [6.45, 7) is 10.6. The molecule has 1 N–H and O–H groups in total. The summed E-state index contributed by atoms with van der Waals surface area (Å²) in [5, 5.41) is 8.76. The number of aliphatic carboxylic acids is 1. The van der Waals surface area contributed by atoms with E-state index in [-0.39, 0.29) is 11.3 Å². The standard InChI is InChI=1S/C11H22O2/c1-8(2)6-9(7-10(12)13)11(3,4)5/h8-9H,6-7H2,1-5H3,(H,12,13). The van der Waals surface area contributed by atoms with Gasteiger partial charge < -0.3 is 5.11 Å². The topological polar surface area (TPSA) is 37.3 Å². The summed E-state index contributed by atoms with van der Waals surface area (Å²) in [4.78, 5) is 10.6. The molecular formula is C11H22O2. The molecular weight excluding hydrogens is 164 g/mol. The second-order valence-corrected chi connectivity index (χ2v) is 5.29. The zero-order valence-corrected chi connectivity index (χ0v) is 9.42. The van der Waals surface area contributed by atoms with E-state index >= 15 is 0 Å². The smallest absolute Gasteiger partial charge is 0.303 e. The van der Waals surface area contributed by atoms with Gasteiger partial charge in [-0.05, 0) is 23.7 Å². The van der Waals surface area contributed by atoms with Crippen LogP contribution in [0.1, 0.15) is 47.5 Å². The molecule has 0 saturated heterocycles. The number of hydrogen-bond acceptors (Lipinski definition) is 1. The molecule has 0 aromatic rings. The fraction of sp³-hybridized carbons (Fsp3) is 0.909. The summed E-state index contributed by atoms with van der Waals surface area (Å²) < 4.78 is 0. The van der Waals surface area contributed by atoms with Gasteiger partial charge in [-0.2, -0.15) is 0 Å². The summed E-state index contributed by atoms with van der Waals surface area (Å²) in [5.74, 6) is 0.175. The van der Waals surface area contributed by atoms with Gasteiger partial charge in [0.05, 0.1) is 0 Å². The molecule has 0 rings (SSSR count). The zero-order valence-electron chi connectivity index (χ0n) is 9.42. The molecule has 0 bridgehead atoms. The molecule has 0 aromatic carbocycles. The lowest BCUT2D eigenvalue weighted by Gasteiger charge is -2.30. The van der Waals surface area contributed by atoms with Gasteiger partial charge >= 0.3 is 5.97 Å². The minimum Gasteiger partial charge on any atom is -0.481 e. The van der Waals surface area contributed by atoms with Gasteiger partial charge in [-0.1, -0.05) is 34.6 Å². The van der Waals surface area contributed by atoms with Crippen molar-refractivity contribution in [3.05, 3.63) is 0 Å². The van der Waals surface area contributed by atoms with E-state index in [4.69, 9.17) is 5.11 Å². The van der Waals surface area contributed by atoms with Gasteiger partial charge in [-0.3, -0.25) is 4.79 Å². The van der Waals surface area contributed by atoms with E-state index < -0.39 is 5.97 Å². The quantitative estimate of drug-likeness (QED) is 0.732. The summed E-state index contributed by atoms with van der Waals surface area (Å²) in [6.07, 6.45) is 1.29. The van der Waals surface area contributed by atoms with E-state index in [1.807, 2.05) is 0 Å². The lowest BCUT2D eigenvalue weighted by Crippen LogP contribution is -2.24. The van der Waals surface area contributed by atoms with Crippen molar-refractivity contribution in [2.45, 2.75) is 47.5 Å². The summed E-state index contributed by atoms with van der Waals surface area (Å²) in [6, 6.07) is 0. The second kappa shape index (κ2) is 4.64. The first kappa shape index (κ1) is 12.5. The van der Waals surface area contributed by atoms with Crippen LogP contribution in [0.2, 0.25) is 0 Å². The van der Waals surface area contributed by atoms with Crippen molar-refractivity contribution in [2.75, 3.05) is 0 Å². The number of carboxylic acids is 1. The van der Waals surface area contributed by atoms with Gasteiger partial charge in [0.25, 0.3) is 0 Å². The molecule has 0 aliphatic rings. The molecule has 0 fully saturated rings. The van der Waals surface area contributed by atoms with Crippen LogP contribution in [-0.2, 0) is 4.79 Å². The number of rotatable bonds is 4. The first-order valence-corrected chi connectivity index (χ1v) is 4.95. The van der Waals surface area contributed by atoms with Crippen molar-refractivity contribution >= 4 is 5.97 Å². The van der Waals surface area contributed by atoms with Crippen LogP contribution in [-0.4, -0.2) is 11.1 Å². The fourth-order valence-electron chi connectivity index (χ4n) is 1.52. The molecule has 0 radical (unpaired) electrons. The number of carboxylic acid groups (broad SMARTS) is 1. The van der Waals surface area contributed by atoms with Gasteiger partial charge in [-0.15, -0.1) is 0 Å². The molecule has 1 atom stereocenters. The van der Waals surface area contributed by atoms with Gasteiger partial charge in [0.1, 0.15) is 0 Å². The average Bonchev–Trinajstić information content (AvgIpc) is 1.81. The third kappa shape index (κ3) is 5.67. The zero-order chi connectivity index (χ0) is 10.6. The van der Waals surface area contributed by atoms with Crippen LogP contribution in [0.3, 0.4) is 0 Å². The molecule has 2 heteroatoms. The van der Waals surface area contributed by atoms with Gasteiger partial charge in [0, 0.05) is 6.42 Å². The first-order valence-electron chi connectivity index (χ1n) is 4.95. The summed E-state index contributed by atoms with van der Waals surface area (Å²) >= 11 is 0. The molecule has 0 aromatic heterocycles. The molecule has 0 heterocycles. The molecule has 2 nitrogen and oxygen atoms in total. The Bertz CT molecular complexity index is 165. The van der Waals surface area contributed by atoms with Crippen molar-refractivity contribution in [3.63, 3.8) is 0 Å². The van der Waals surface area contributed by atoms with E-state index in [9.17, 15) is 4.79 Å². The lowest BCUT2D eigenvalue weighted by molar-refractivity contribution is -0.139. The van der Waals surface area contributed by atoms with Crippen LogP contribution in [0.4, 0.5) is 0 Å². The van der Waals surface area contributed by atoms with Crippen molar-refractivity contribution in [1.29, 1.82) is 0 Å². The molecule has 0 amide bonds. The first-order chi connectivity index (χ1) is 5.73. The second-order valence-electron chi connectivity index (χ2n) is 5.29.